The fraction of sp³-hybridized carbons (Fsp3) is 0.364. The van der Waals surface area contributed by atoms with Crippen LogP contribution < -0.4 is 0 Å². The van der Waals surface area contributed by atoms with Gasteiger partial charge in [0.25, 0.3) is 0 Å². The molecule has 14 heavy (non-hydrogen) atoms. The van der Waals surface area contributed by atoms with E-state index in [9.17, 15) is 0 Å². The molecule has 0 spiro atoms. The first-order chi connectivity index (χ1) is 6.60. The van der Waals surface area contributed by atoms with Gasteiger partial charge in [0.15, 0.2) is 0 Å². The van der Waals surface area contributed by atoms with Crippen molar-refractivity contribution in [1.82, 2.24) is 0 Å². The van der Waals surface area contributed by atoms with Crippen LogP contribution in [0.3, 0.4) is 0 Å². The molecule has 1 rings (SSSR count). The molecule has 1 aromatic rings. The first-order valence-corrected chi connectivity index (χ1v) is 5.83. The zero-order valence-corrected chi connectivity index (χ0v) is 9.82. The highest BCUT2D eigenvalue weighted by molar-refractivity contribution is 8.01. The summed E-state index contributed by atoms with van der Waals surface area (Å²) >= 11 is 7.39. The van der Waals surface area contributed by atoms with E-state index in [-0.39, 0.29) is 4.75 Å². The van der Waals surface area contributed by atoms with E-state index in [1.807, 2.05) is 24.3 Å². The average Bonchev–Trinajstić information content (AvgIpc) is 2.18. The van der Waals surface area contributed by atoms with Gasteiger partial charge in [-0.05, 0) is 31.5 Å². The Hall–Kier alpha value is -0.650. The van der Waals surface area contributed by atoms with Crippen molar-refractivity contribution in [2.75, 3.05) is 5.21 Å². The van der Waals surface area contributed by atoms with Crippen LogP contribution in [0.2, 0.25) is 0 Å². The van der Waals surface area contributed by atoms with Crippen molar-refractivity contribution in [2.45, 2.75) is 18.6 Å². The minimum Gasteiger partial charge on any atom is -0.192 e. The van der Waals surface area contributed by atoms with E-state index < -0.39 is 0 Å². The van der Waals surface area contributed by atoms with Gasteiger partial charge in [-0.3, -0.25) is 0 Å². The summed E-state index contributed by atoms with van der Waals surface area (Å²) in [6, 6.07) is 9.75. The third kappa shape index (κ3) is 2.67. The zero-order chi connectivity index (χ0) is 10.6. The van der Waals surface area contributed by atoms with E-state index in [1.165, 1.54) is 5.56 Å². The monoisotopic (exact) mass is 225 g/mol. The lowest BCUT2D eigenvalue weighted by Crippen LogP contribution is -2.11. The maximum atomic E-state index is 8.66. The standard InChI is InChI=1S/C11H12ClNS/c1-11(2,14-8-12)10-5-3-9(7-13)4-6-10/h3-6H,8H2,1-2H3. The molecule has 0 amide bonds. The molecule has 0 radical (unpaired) electrons. The molecule has 0 fully saturated rings. The molecule has 0 aromatic heterocycles. The van der Waals surface area contributed by atoms with Gasteiger partial charge in [-0.1, -0.05) is 12.1 Å². The average molecular weight is 226 g/mol. The number of nitriles is 1. The predicted octanol–water partition coefficient (Wildman–Crippen LogP) is 3.72. The number of hydrogen-bond donors (Lipinski definition) is 0. The molecule has 74 valence electrons. The molecule has 0 bridgehead atoms. The quantitative estimate of drug-likeness (QED) is 0.732. The van der Waals surface area contributed by atoms with Crippen LogP contribution in [-0.4, -0.2) is 5.21 Å². The second-order valence-electron chi connectivity index (χ2n) is 3.45. The third-order valence-corrected chi connectivity index (χ3v) is 3.52. The minimum absolute atomic E-state index is 0.00966. The molecule has 0 N–H and O–H groups in total. The highest BCUT2D eigenvalue weighted by atomic mass is 35.5. The Morgan fingerprint density at radius 2 is 1.93 bits per heavy atom. The maximum absolute atomic E-state index is 8.66. The van der Waals surface area contributed by atoms with Gasteiger partial charge in [0, 0.05) is 4.75 Å². The number of thioether (sulfide) groups is 1. The van der Waals surface area contributed by atoms with Crippen molar-refractivity contribution in [3.8, 4) is 6.07 Å². The van der Waals surface area contributed by atoms with E-state index in [0.717, 1.165) is 0 Å². The van der Waals surface area contributed by atoms with Crippen LogP contribution in [0, 0.1) is 11.3 Å². The van der Waals surface area contributed by atoms with Crippen LogP contribution in [0.5, 0.6) is 0 Å². The Bertz CT molecular complexity index is 337. The highest BCUT2D eigenvalue weighted by Crippen LogP contribution is 2.35. The summed E-state index contributed by atoms with van der Waals surface area (Å²) in [5.74, 6) is 0. The number of rotatable bonds is 3. The van der Waals surface area contributed by atoms with Crippen molar-refractivity contribution in [2.24, 2.45) is 0 Å². The lowest BCUT2D eigenvalue weighted by atomic mass is 10.0. The molecule has 3 heteroatoms. The molecule has 1 nitrogen and oxygen atoms in total. The van der Waals surface area contributed by atoms with Gasteiger partial charge >= 0.3 is 0 Å². The van der Waals surface area contributed by atoms with Crippen LogP contribution in [0.4, 0.5) is 0 Å². The van der Waals surface area contributed by atoms with Crippen molar-refractivity contribution >= 4 is 23.4 Å². The number of hydrogen-bond acceptors (Lipinski definition) is 2. The largest absolute Gasteiger partial charge is 0.192 e. The molecule has 0 saturated carbocycles. The van der Waals surface area contributed by atoms with E-state index in [4.69, 9.17) is 16.9 Å². The number of benzene rings is 1. The predicted molar refractivity (Wildman–Crippen MR) is 62.5 cm³/mol. The summed E-state index contributed by atoms with van der Waals surface area (Å²) in [7, 11) is 0. The molecule has 1 aromatic carbocycles. The number of nitrogens with zero attached hydrogens (tertiary/aromatic N) is 1. The minimum atomic E-state index is 0.00966. The highest BCUT2D eigenvalue weighted by Gasteiger charge is 2.20. The lowest BCUT2D eigenvalue weighted by molar-refractivity contribution is 0.784. The van der Waals surface area contributed by atoms with Crippen LogP contribution in [-0.2, 0) is 4.75 Å². The number of halogens is 1. The van der Waals surface area contributed by atoms with E-state index >= 15 is 0 Å². The zero-order valence-electron chi connectivity index (χ0n) is 8.25. The van der Waals surface area contributed by atoms with Crippen LogP contribution in [0.15, 0.2) is 24.3 Å². The molecule has 0 saturated heterocycles. The van der Waals surface area contributed by atoms with Gasteiger partial charge in [-0.25, -0.2) is 0 Å². The molecule has 0 heterocycles. The third-order valence-electron chi connectivity index (χ3n) is 2.12. The van der Waals surface area contributed by atoms with Gasteiger partial charge in [-0.2, -0.15) is 5.26 Å². The van der Waals surface area contributed by atoms with Crippen LogP contribution >= 0.6 is 23.4 Å². The van der Waals surface area contributed by atoms with E-state index in [0.29, 0.717) is 10.8 Å². The van der Waals surface area contributed by atoms with Gasteiger partial charge < -0.3 is 0 Å². The van der Waals surface area contributed by atoms with Crippen LogP contribution in [0.1, 0.15) is 25.0 Å². The van der Waals surface area contributed by atoms with Gasteiger partial charge in [0.1, 0.15) is 0 Å². The van der Waals surface area contributed by atoms with Crippen LogP contribution in [0.25, 0.3) is 0 Å². The Morgan fingerprint density at radius 3 is 2.36 bits per heavy atom. The Kier molecular flexibility index (Phi) is 3.86. The SMILES string of the molecule is CC(C)(SCCl)c1ccc(C#N)cc1. The van der Waals surface area contributed by atoms with Gasteiger partial charge in [0.2, 0.25) is 0 Å². The summed E-state index contributed by atoms with van der Waals surface area (Å²) in [5, 5.41) is 9.23. The second kappa shape index (κ2) is 4.72. The summed E-state index contributed by atoms with van der Waals surface area (Å²) in [4.78, 5) is 0. The second-order valence-corrected chi connectivity index (χ2v) is 5.64. The first-order valence-electron chi connectivity index (χ1n) is 4.31. The molecule has 0 aliphatic heterocycles. The van der Waals surface area contributed by atoms with Crippen molar-refractivity contribution in [3.63, 3.8) is 0 Å². The van der Waals surface area contributed by atoms with Gasteiger partial charge in [0.05, 0.1) is 16.8 Å². The van der Waals surface area contributed by atoms with Gasteiger partial charge in [-0.15, -0.1) is 23.4 Å². The fourth-order valence-electron chi connectivity index (χ4n) is 1.17. The topological polar surface area (TPSA) is 23.8 Å². The van der Waals surface area contributed by atoms with E-state index in [1.54, 1.807) is 11.8 Å². The molecule has 0 aliphatic carbocycles. The normalized spacial score (nSPS) is 11.0. The summed E-state index contributed by atoms with van der Waals surface area (Å²) in [5.41, 5.74) is 1.89. The molecular formula is C11H12ClNS. The summed E-state index contributed by atoms with van der Waals surface area (Å²) in [6.45, 7) is 4.25. The molecule has 0 atom stereocenters. The maximum Gasteiger partial charge on any atom is 0.0991 e. The lowest BCUT2D eigenvalue weighted by Gasteiger charge is -2.23. The Balaban J connectivity index is 2.92. The summed E-state index contributed by atoms with van der Waals surface area (Å²) < 4.78 is 0.00966. The Morgan fingerprint density at radius 1 is 1.36 bits per heavy atom. The van der Waals surface area contributed by atoms with Crippen molar-refractivity contribution < 1.29 is 0 Å². The first kappa shape index (κ1) is 11.4. The molecule has 0 unspecified atom stereocenters. The molecular weight excluding hydrogens is 214 g/mol. The Labute approximate surface area is 94.1 Å². The van der Waals surface area contributed by atoms with Crippen molar-refractivity contribution in [1.29, 1.82) is 5.26 Å². The van der Waals surface area contributed by atoms with Crippen molar-refractivity contribution in [3.05, 3.63) is 35.4 Å². The molecule has 0 aliphatic rings. The fourth-order valence-corrected chi connectivity index (χ4v) is 2.56. The number of alkyl halides is 1. The summed E-state index contributed by atoms with van der Waals surface area (Å²) in [6.07, 6.45) is 0. The smallest absolute Gasteiger partial charge is 0.0991 e. The van der Waals surface area contributed by atoms with E-state index in [2.05, 4.69) is 19.9 Å².